The van der Waals surface area contributed by atoms with Crippen LogP contribution in [0, 0.1) is 5.92 Å². The number of hydrogen-bond donors (Lipinski definition) is 1. The van der Waals surface area contributed by atoms with Crippen molar-refractivity contribution in [3.8, 4) is 0 Å². The minimum Gasteiger partial charge on any atom is -0.369 e. The molecule has 5 rings (SSSR count). The molecule has 0 aromatic heterocycles. The average Bonchev–Trinajstić information content (AvgIpc) is 3.65. The number of carbonyl (C=O) groups is 1. The van der Waals surface area contributed by atoms with Crippen LogP contribution in [0.4, 0.5) is 0 Å². The third kappa shape index (κ3) is 3.51. The molecule has 1 saturated heterocycles. The van der Waals surface area contributed by atoms with Crippen LogP contribution in [0.3, 0.4) is 0 Å². The number of guanidine groups is 1. The highest BCUT2D eigenvalue weighted by Gasteiger charge is 2.51. The zero-order valence-corrected chi connectivity index (χ0v) is 18.7. The first-order valence-corrected chi connectivity index (χ1v) is 12.7. The summed E-state index contributed by atoms with van der Waals surface area (Å²) >= 11 is 0. The van der Waals surface area contributed by atoms with Crippen LogP contribution in [0.2, 0.25) is 0 Å². The Balaban J connectivity index is 1.43. The Bertz CT molecular complexity index is 1090. The Kier molecular flexibility index (Phi) is 5.29. The molecule has 0 bridgehead atoms. The van der Waals surface area contributed by atoms with Crippen LogP contribution < -0.4 is 5.73 Å². The standard InChI is InChI=1S/C24H28N4O3S/c25-23-26-24(19-9-3-1-4-10-19,20-11-5-2-6-12-20)22(29)28(23)17-18-8-7-15-27(16-18)32(30,31)21-13-14-21/h1-6,9-12,18,21H,7-8,13-17H2,(H2,25,26)/t18-/m0/s1. The van der Waals surface area contributed by atoms with Crippen LogP contribution in [0.5, 0.6) is 0 Å². The molecule has 1 saturated carbocycles. The van der Waals surface area contributed by atoms with E-state index in [1.54, 1.807) is 9.21 Å². The molecule has 2 N–H and O–H groups in total. The van der Waals surface area contributed by atoms with Gasteiger partial charge in [0.05, 0.1) is 5.25 Å². The van der Waals surface area contributed by atoms with Crippen molar-refractivity contribution in [1.82, 2.24) is 9.21 Å². The van der Waals surface area contributed by atoms with Gasteiger partial charge in [-0.2, -0.15) is 0 Å². The molecule has 8 heteroatoms. The summed E-state index contributed by atoms with van der Waals surface area (Å²) in [4.78, 5) is 20.2. The number of carbonyl (C=O) groups excluding carboxylic acids is 1. The van der Waals surface area contributed by atoms with Crippen LogP contribution in [-0.4, -0.2) is 54.4 Å². The van der Waals surface area contributed by atoms with E-state index in [0.717, 1.165) is 36.8 Å². The van der Waals surface area contributed by atoms with Crippen LogP contribution in [0.1, 0.15) is 36.8 Å². The largest absolute Gasteiger partial charge is 0.369 e. The van der Waals surface area contributed by atoms with Crippen molar-refractivity contribution in [1.29, 1.82) is 0 Å². The third-order valence-electron chi connectivity index (χ3n) is 6.72. The van der Waals surface area contributed by atoms with E-state index in [1.165, 1.54) is 0 Å². The summed E-state index contributed by atoms with van der Waals surface area (Å²) in [6.45, 7) is 1.36. The molecule has 2 aromatic carbocycles. The molecular formula is C24H28N4O3S. The summed E-state index contributed by atoms with van der Waals surface area (Å²) in [5.41, 5.74) is 6.65. The highest BCUT2D eigenvalue weighted by Crippen LogP contribution is 2.40. The molecule has 7 nitrogen and oxygen atoms in total. The quantitative estimate of drug-likeness (QED) is 0.727. The van der Waals surface area contributed by atoms with Crippen molar-refractivity contribution >= 4 is 21.9 Å². The lowest BCUT2D eigenvalue weighted by atomic mass is 9.82. The second-order valence-electron chi connectivity index (χ2n) is 8.94. The first kappa shape index (κ1) is 21.2. The number of rotatable bonds is 6. The highest BCUT2D eigenvalue weighted by atomic mass is 32.2. The van der Waals surface area contributed by atoms with Crippen LogP contribution in [0.15, 0.2) is 65.7 Å². The molecule has 1 amide bonds. The van der Waals surface area contributed by atoms with Gasteiger partial charge in [0.2, 0.25) is 10.0 Å². The van der Waals surface area contributed by atoms with Gasteiger partial charge in [0.15, 0.2) is 11.5 Å². The van der Waals surface area contributed by atoms with Gasteiger partial charge in [-0.3, -0.25) is 9.69 Å². The van der Waals surface area contributed by atoms with Crippen LogP contribution in [0.25, 0.3) is 0 Å². The maximum atomic E-state index is 13.9. The Labute approximate surface area is 189 Å². The molecular weight excluding hydrogens is 424 g/mol. The highest BCUT2D eigenvalue weighted by molar-refractivity contribution is 7.90. The Hall–Kier alpha value is -2.71. The van der Waals surface area contributed by atoms with Gasteiger partial charge in [-0.15, -0.1) is 0 Å². The van der Waals surface area contributed by atoms with Gasteiger partial charge in [-0.25, -0.2) is 17.7 Å². The molecule has 2 heterocycles. The topological polar surface area (TPSA) is 96.1 Å². The fourth-order valence-electron chi connectivity index (χ4n) is 4.90. The molecule has 3 aliphatic rings. The molecule has 0 unspecified atom stereocenters. The number of nitrogens with zero attached hydrogens (tertiary/aromatic N) is 3. The second-order valence-corrected chi connectivity index (χ2v) is 11.2. The van der Waals surface area contributed by atoms with Gasteiger partial charge in [0.25, 0.3) is 5.91 Å². The lowest BCUT2D eigenvalue weighted by molar-refractivity contribution is -0.130. The number of piperidine rings is 1. The third-order valence-corrected chi connectivity index (χ3v) is 9.09. The van der Waals surface area contributed by atoms with E-state index in [2.05, 4.69) is 0 Å². The van der Waals surface area contributed by atoms with E-state index in [4.69, 9.17) is 10.7 Å². The zero-order valence-electron chi connectivity index (χ0n) is 17.9. The molecule has 2 aromatic rings. The lowest BCUT2D eigenvalue weighted by Crippen LogP contribution is -2.49. The summed E-state index contributed by atoms with van der Waals surface area (Å²) in [6.07, 6.45) is 3.16. The Morgan fingerprint density at radius 1 is 0.969 bits per heavy atom. The number of benzene rings is 2. The summed E-state index contributed by atoms with van der Waals surface area (Å²) in [5, 5.41) is -0.217. The van der Waals surface area contributed by atoms with Gasteiger partial charge in [0, 0.05) is 19.6 Å². The Morgan fingerprint density at radius 2 is 1.56 bits per heavy atom. The van der Waals surface area contributed by atoms with Gasteiger partial charge in [-0.05, 0) is 42.7 Å². The smallest absolute Gasteiger partial charge is 0.266 e. The van der Waals surface area contributed by atoms with E-state index < -0.39 is 15.6 Å². The van der Waals surface area contributed by atoms with Crippen LogP contribution in [-0.2, 0) is 20.4 Å². The predicted molar refractivity (Wildman–Crippen MR) is 123 cm³/mol. The molecule has 1 aliphatic carbocycles. The molecule has 2 fully saturated rings. The fraction of sp³-hybridized carbons (Fsp3) is 0.417. The normalized spacial score (nSPS) is 23.9. The minimum absolute atomic E-state index is 0.0253. The van der Waals surface area contributed by atoms with E-state index >= 15 is 0 Å². The Morgan fingerprint density at radius 3 is 2.12 bits per heavy atom. The van der Waals surface area contributed by atoms with Gasteiger partial charge in [0.1, 0.15) is 0 Å². The van der Waals surface area contributed by atoms with E-state index in [0.29, 0.717) is 19.6 Å². The fourth-order valence-corrected chi connectivity index (χ4v) is 6.85. The van der Waals surface area contributed by atoms with Gasteiger partial charge < -0.3 is 5.73 Å². The molecule has 0 radical (unpaired) electrons. The monoisotopic (exact) mass is 452 g/mol. The van der Waals surface area contributed by atoms with Crippen molar-refractivity contribution in [2.45, 2.75) is 36.5 Å². The summed E-state index contributed by atoms with van der Waals surface area (Å²) in [6, 6.07) is 19.0. The summed E-state index contributed by atoms with van der Waals surface area (Å²) in [7, 11) is -3.22. The number of nitrogens with two attached hydrogens (primary N) is 1. The van der Waals surface area contributed by atoms with Crippen molar-refractivity contribution < 1.29 is 13.2 Å². The number of amides is 1. The first-order valence-electron chi connectivity index (χ1n) is 11.2. The maximum absolute atomic E-state index is 13.9. The van der Waals surface area contributed by atoms with E-state index in [9.17, 15) is 13.2 Å². The summed E-state index contributed by atoms with van der Waals surface area (Å²) in [5.74, 6) is 0.0248. The lowest BCUT2D eigenvalue weighted by Gasteiger charge is -2.34. The molecule has 168 valence electrons. The van der Waals surface area contributed by atoms with Crippen molar-refractivity contribution in [2.24, 2.45) is 16.6 Å². The predicted octanol–water partition coefficient (Wildman–Crippen LogP) is 2.29. The second kappa shape index (κ2) is 8.01. The minimum atomic E-state index is -3.22. The van der Waals surface area contributed by atoms with Crippen molar-refractivity contribution in [3.05, 3.63) is 71.8 Å². The average molecular weight is 453 g/mol. The number of sulfonamides is 1. The number of aliphatic imine (C=N–C) groups is 1. The van der Waals surface area contributed by atoms with Crippen molar-refractivity contribution in [3.63, 3.8) is 0 Å². The van der Waals surface area contributed by atoms with Crippen LogP contribution >= 0.6 is 0 Å². The van der Waals surface area contributed by atoms with Gasteiger partial charge in [-0.1, -0.05) is 60.7 Å². The SMILES string of the molecule is NC1=NC(c2ccccc2)(c2ccccc2)C(=O)N1C[C@H]1CCCN(S(=O)(=O)C2CC2)C1. The van der Waals surface area contributed by atoms with Gasteiger partial charge >= 0.3 is 0 Å². The number of hydrogen-bond acceptors (Lipinski definition) is 5. The molecule has 2 aliphatic heterocycles. The molecule has 1 atom stereocenters. The van der Waals surface area contributed by atoms with Crippen molar-refractivity contribution in [2.75, 3.05) is 19.6 Å². The van der Waals surface area contributed by atoms with E-state index in [-0.39, 0.29) is 23.0 Å². The maximum Gasteiger partial charge on any atom is 0.266 e. The summed E-state index contributed by atoms with van der Waals surface area (Å²) < 4.78 is 27.1. The first-order chi connectivity index (χ1) is 15.4. The zero-order chi connectivity index (χ0) is 22.3. The van der Waals surface area contributed by atoms with E-state index in [1.807, 2.05) is 60.7 Å². The molecule has 0 spiro atoms. The molecule has 32 heavy (non-hydrogen) atoms.